The minimum atomic E-state index is -1.89. The highest BCUT2D eigenvalue weighted by molar-refractivity contribution is 6.74. The van der Waals surface area contributed by atoms with Crippen molar-refractivity contribution in [1.82, 2.24) is 0 Å². The largest absolute Gasteiger partial charge is 0.417 e. The zero-order valence-corrected chi connectivity index (χ0v) is 10.9. The van der Waals surface area contributed by atoms with Gasteiger partial charge >= 0.3 is 11.8 Å². The van der Waals surface area contributed by atoms with Gasteiger partial charge in [-0.1, -0.05) is 27.7 Å². The second kappa shape index (κ2) is 3.07. The van der Waals surface area contributed by atoms with E-state index in [-0.39, 0.29) is 11.0 Å². The smallest absolute Gasteiger partial charge is 0.381 e. The molecule has 0 N–H and O–H groups in total. The molecular weight excluding hydrogens is 196 g/mol. The Kier molecular flexibility index (Phi) is 2.57. The number of ether oxygens (including phenoxy) is 1. The Morgan fingerprint density at radius 1 is 1.43 bits per heavy atom. The van der Waals surface area contributed by atoms with Crippen molar-refractivity contribution in [3.8, 4) is 0 Å². The molecule has 1 heterocycles. The molecule has 0 bridgehead atoms. The van der Waals surface area contributed by atoms with E-state index in [9.17, 15) is 4.79 Å². The molecule has 0 radical (unpaired) electrons. The van der Waals surface area contributed by atoms with Crippen LogP contribution in [-0.4, -0.2) is 20.1 Å². The molecule has 1 aliphatic heterocycles. The quantitative estimate of drug-likeness (QED) is 0.538. The Labute approximate surface area is 86.9 Å². The number of rotatable bonds is 3. The van der Waals surface area contributed by atoms with Gasteiger partial charge in [0.1, 0.15) is 0 Å². The average molecular weight is 216 g/mol. The maximum atomic E-state index is 11.1. The first kappa shape index (κ1) is 11.7. The van der Waals surface area contributed by atoms with Crippen LogP contribution in [0.3, 0.4) is 0 Å². The van der Waals surface area contributed by atoms with Gasteiger partial charge < -0.3 is 9.16 Å². The number of hydrogen-bond acceptors (Lipinski definition) is 3. The molecule has 0 aromatic rings. The molecule has 1 fully saturated rings. The zero-order valence-electron chi connectivity index (χ0n) is 9.93. The Morgan fingerprint density at radius 3 is 2.07 bits per heavy atom. The van der Waals surface area contributed by atoms with E-state index in [2.05, 4.69) is 33.9 Å². The first-order valence-corrected chi connectivity index (χ1v) is 7.99. The van der Waals surface area contributed by atoms with Crippen LogP contribution < -0.4 is 0 Å². The predicted octanol–water partition coefficient (Wildman–Crippen LogP) is 2.67. The molecule has 0 spiro atoms. The molecule has 0 saturated carbocycles. The van der Waals surface area contributed by atoms with Gasteiger partial charge in [0.15, 0.2) is 8.32 Å². The first-order chi connectivity index (χ1) is 6.15. The van der Waals surface area contributed by atoms with Crippen molar-refractivity contribution in [1.29, 1.82) is 0 Å². The molecule has 1 saturated heterocycles. The topological polar surface area (TPSA) is 38.8 Å². The molecule has 0 unspecified atom stereocenters. The lowest BCUT2D eigenvalue weighted by atomic mass is 10.2. The van der Waals surface area contributed by atoms with Crippen LogP contribution >= 0.6 is 0 Å². The number of epoxide rings is 1. The van der Waals surface area contributed by atoms with Gasteiger partial charge in [0.2, 0.25) is 0 Å². The van der Waals surface area contributed by atoms with Crippen LogP contribution in [0.15, 0.2) is 0 Å². The fourth-order valence-electron chi connectivity index (χ4n) is 1.04. The molecule has 0 aromatic heterocycles. The molecule has 0 amide bonds. The van der Waals surface area contributed by atoms with Crippen LogP contribution in [0.2, 0.25) is 18.1 Å². The summed E-state index contributed by atoms with van der Waals surface area (Å²) in [6.45, 7) is 12.6. The molecule has 82 valence electrons. The molecule has 14 heavy (non-hydrogen) atoms. The maximum Gasteiger partial charge on any atom is 0.381 e. The zero-order chi connectivity index (χ0) is 11.2. The summed E-state index contributed by atoms with van der Waals surface area (Å²) in [4.78, 5) is 11.1. The van der Waals surface area contributed by atoms with E-state index >= 15 is 0 Å². The van der Waals surface area contributed by atoms with Gasteiger partial charge in [-0.25, -0.2) is 4.79 Å². The molecule has 1 rings (SSSR count). The molecule has 0 aliphatic carbocycles. The lowest BCUT2D eigenvalue weighted by molar-refractivity contribution is -0.118. The molecule has 3 nitrogen and oxygen atoms in total. The first-order valence-electron chi connectivity index (χ1n) is 5.08. The van der Waals surface area contributed by atoms with Gasteiger partial charge in [0.25, 0.3) is 0 Å². The fraction of sp³-hybridized carbons (Fsp3) is 0.900. The molecule has 4 heteroatoms. The van der Waals surface area contributed by atoms with Gasteiger partial charge in [-0.15, -0.1) is 0 Å². The van der Waals surface area contributed by atoms with Crippen LogP contribution in [0.4, 0.5) is 0 Å². The molecule has 1 atom stereocenters. The number of carbonyl (C=O) groups is 1. The summed E-state index contributed by atoms with van der Waals surface area (Å²) in [5.41, 5.74) is 0. The summed E-state index contributed by atoms with van der Waals surface area (Å²) in [7, 11) is -1.89. The van der Waals surface area contributed by atoms with Crippen LogP contribution in [0.5, 0.6) is 0 Å². The molecular formula is C10H20O3Si. The minimum absolute atomic E-state index is 0.113. The maximum absolute atomic E-state index is 11.1. The summed E-state index contributed by atoms with van der Waals surface area (Å²) in [5.74, 6) is -1.09. The van der Waals surface area contributed by atoms with Gasteiger partial charge in [0, 0.05) is 6.42 Å². The van der Waals surface area contributed by atoms with Gasteiger partial charge in [-0.05, 0) is 18.1 Å². The van der Waals surface area contributed by atoms with Gasteiger partial charge in [-0.2, -0.15) is 0 Å². The minimum Gasteiger partial charge on any atom is -0.417 e. The predicted molar refractivity (Wildman–Crippen MR) is 57.4 cm³/mol. The highest BCUT2D eigenvalue weighted by atomic mass is 28.4. The van der Waals surface area contributed by atoms with Crippen LogP contribution in [0.25, 0.3) is 0 Å². The van der Waals surface area contributed by atoms with Gasteiger partial charge in [0.05, 0.1) is 0 Å². The normalized spacial score (nSPS) is 27.4. The third-order valence-electron chi connectivity index (χ3n) is 3.22. The van der Waals surface area contributed by atoms with E-state index in [4.69, 9.17) is 9.16 Å². The second-order valence-electron chi connectivity index (χ2n) is 5.36. The van der Waals surface area contributed by atoms with E-state index in [0.717, 1.165) is 0 Å². The van der Waals surface area contributed by atoms with Crippen LogP contribution in [0, 0.1) is 0 Å². The van der Waals surface area contributed by atoms with Crippen LogP contribution in [-0.2, 0) is 14.0 Å². The number of carbonyl (C=O) groups excluding carboxylic acids is 1. The van der Waals surface area contributed by atoms with Crippen LogP contribution in [0.1, 0.15) is 34.1 Å². The van der Waals surface area contributed by atoms with Crippen molar-refractivity contribution in [3.63, 3.8) is 0 Å². The van der Waals surface area contributed by atoms with Crippen molar-refractivity contribution in [3.05, 3.63) is 0 Å². The SMILES string of the molecule is CC[C@@]1(O[Si](C)(C)C(C)(C)C)OC1=O. The van der Waals surface area contributed by atoms with E-state index in [1.165, 1.54) is 0 Å². The number of cyclic esters (lactones) is 1. The Hall–Kier alpha value is -0.353. The van der Waals surface area contributed by atoms with E-state index in [1.807, 2.05) is 6.92 Å². The van der Waals surface area contributed by atoms with Gasteiger partial charge in [-0.3, -0.25) is 0 Å². The lowest BCUT2D eigenvalue weighted by Gasteiger charge is -2.37. The van der Waals surface area contributed by atoms with Crippen molar-refractivity contribution >= 4 is 14.3 Å². The summed E-state index contributed by atoms with van der Waals surface area (Å²) in [6, 6.07) is 0. The van der Waals surface area contributed by atoms with E-state index in [1.54, 1.807) is 0 Å². The van der Waals surface area contributed by atoms with Crippen molar-refractivity contribution < 1.29 is 14.0 Å². The van der Waals surface area contributed by atoms with Crippen molar-refractivity contribution in [2.75, 3.05) is 0 Å². The standard InChI is InChI=1S/C10H20O3Si/c1-7-10(8(11)12-10)13-14(5,6)9(2,3)4/h7H2,1-6H3/t10-/m0/s1. The van der Waals surface area contributed by atoms with Crippen molar-refractivity contribution in [2.45, 2.75) is 58.0 Å². The average Bonchev–Trinajstić information content (AvgIpc) is 2.59. The Balaban J connectivity index is 2.73. The summed E-state index contributed by atoms with van der Waals surface area (Å²) >= 11 is 0. The molecule has 1 aliphatic rings. The second-order valence-corrected chi connectivity index (χ2v) is 10.1. The Morgan fingerprint density at radius 2 is 1.86 bits per heavy atom. The number of hydrogen-bond donors (Lipinski definition) is 0. The third-order valence-corrected chi connectivity index (χ3v) is 7.67. The Bertz CT molecular complexity index is 255. The third kappa shape index (κ3) is 1.86. The summed E-state index contributed by atoms with van der Waals surface area (Å²) in [5, 5.41) is 0.113. The van der Waals surface area contributed by atoms with E-state index < -0.39 is 14.1 Å². The molecule has 0 aromatic carbocycles. The lowest BCUT2D eigenvalue weighted by Crippen LogP contribution is -2.45. The summed E-state index contributed by atoms with van der Waals surface area (Å²) < 4.78 is 10.9. The highest BCUT2D eigenvalue weighted by Gasteiger charge is 2.62. The summed E-state index contributed by atoms with van der Waals surface area (Å²) in [6.07, 6.45) is 0.609. The highest BCUT2D eigenvalue weighted by Crippen LogP contribution is 2.44. The van der Waals surface area contributed by atoms with E-state index in [0.29, 0.717) is 6.42 Å². The van der Waals surface area contributed by atoms with Crippen molar-refractivity contribution in [2.24, 2.45) is 0 Å². The fourth-order valence-corrected chi connectivity index (χ4v) is 2.44. The monoisotopic (exact) mass is 216 g/mol.